The average molecular weight is 330 g/mol. The topological polar surface area (TPSA) is 38.3 Å². The number of benzene rings is 2. The number of carbonyl (C=O) groups is 1. The lowest BCUT2D eigenvalue weighted by atomic mass is 10.1. The van der Waals surface area contributed by atoms with Crippen molar-refractivity contribution in [2.75, 3.05) is 11.9 Å². The Morgan fingerprint density at radius 1 is 1.14 bits per heavy atom. The van der Waals surface area contributed by atoms with Gasteiger partial charge in [0.1, 0.15) is 5.75 Å². The first kappa shape index (κ1) is 16.2. The van der Waals surface area contributed by atoms with E-state index in [2.05, 4.69) is 5.32 Å². The summed E-state index contributed by atoms with van der Waals surface area (Å²) in [6, 6.07) is 11.1. The number of amides is 1. The maximum Gasteiger partial charge on any atom is 0.418 e. The zero-order valence-corrected chi connectivity index (χ0v) is 11.9. The quantitative estimate of drug-likeness (QED) is 0.904. The van der Waals surface area contributed by atoms with Gasteiger partial charge in [-0.2, -0.15) is 13.2 Å². The van der Waals surface area contributed by atoms with E-state index in [0.717, 1.165) is 6.07 Å². The van der Waals surface area contributed by atoms with Crippen LogP contribution in [0.2, 0.25) is 5.02 Å². The molecule has 0 saturated heterocycles. The van der Waals surface area contributed by atoms with E-state index in [1.807, 2.05) is 0 Å². The number of alkyl halides is 3. The molecule has 2 aromatic carbocycles. The standard InChI is InChI=1S/C15H11ClF3NO2/c16-10-4-3-5-11(8-10)22-9-14(21)20-13-7-2-1-6-12(13)15(17,18)19/h1-8H,9H2,(H,20,21). The van der Waals surface area contributed by atoms with Gasteiger partial charge in [0.25, 0.3) is 5.91 Å². The van der Waals surface area contributed by atoms with E-state index < -0.39 is 24.3 Å². The van der Waals surface area contributed by atoms with E-state index in [1.165, 1.54) is 24.3 Å². The smallest absolute Gasteiger partial charge is 0.418 e. The number of para-hydroxylation sites is 1. The molecule has 0 bridgehead atoms. The van der Waals surface area contributed by atoms with Gasteiger partial charge in [-0.25, -0.2) is 0 Å². The normalized spacial score (nSPS) is 11.1. The van der Waals surface area contributed by atoms with E-state index in [0.29, 0.717) is 10.8 Å². The van der Waals surface area contributed by atoms with Gasteiger partial charge in [0.15, 0.2) is 6.61 Å². The summed E-state index contributed by atoms with van der Waals surface area (Å²) in [5.74, 6) is -0.344. The molecule has 0 heterocycles. The molecular formula is C15H11ClF3NO2. The van der Waals surface area contributed by atoms with Gasteiger partial charge in [-0.05, 0) is 30.3 Å². The molecule has 1 amide bonds. The second-order valence-electron chi connectivity index (χ2n) is 4.34. The van der Waals surface area contributed by atoms with Gasteiger partial charge in [-0.3, -0.25) is 4.79 Å². The average Bonchev–Trinajstić information content (AvgIpc) is 2.45. The van der Waals surface area contributed by atoms with E-state index >= 15 is 0 Å². The summed E-state index contributed by atoms with van der Waals surface area (Å²) in [4.78, 5) is 11.7. The lowest BCUT2D eigenvalue weighted by Crippen LogP contribution is -2.22. The molecule has 1 N–H and O–H groups in total. The second kappa shape index (κ2) is 6.70. The molecule has 0 aliphatic heterocycles. The van der Waals surface area contributed by atoms with Crippen molar-refractivity contribution in [3.63, 3.8) is 0 Å². The Hall–Kier alpha value is -2.21. The zero-order chi connectivity index (χ0) is 16.2. The van der Waals surface area contributed by atoms with Crippen LogP contribution in [0.1, 0.15) is 5.56 Å². The minimum absolute atomic E-state index is 0.310. The van der Waals surface area contributed by atoms with E-state index in [1.54, 1.807) is 18.2 Å². The van der Waals surface area contributed by atoms with Crippen LogP contribution in [0.4, 0.5) is 18.9 Å². The fraction of sp³-hybridized carbons (Fsp3) is 0.133. The molecular weight excluding hydrogens is 319 g/mol. The first-order valence-electron chi connectivity index (χ1n) is 6.21. The predicted molar refractivity (Wildman–Crippen MR) is 77.0 cm³/mol. The van der Waals surface area contributed by atoms with Crippen molar-refractivity contribution in [3.8, 4) is 5.75 Å². The molecule has 2 rings (SSSR count). The number of hydrogen-bond acceptors (Lipinski definition) is 2. The Labute approximate surface area is 129 Å². The Kier molecular flexibility index (Phi) is 4.92. The maximum absolute atomic E-state index is 12.8. The minimum Gasteiger partial charge on any atom is -0.484 e. The highest BCUT2D eigenvalue weighted by molar-refractivity contribution is 6.30. The fourth-order valence-corrected chi connectivity index (χ4v) is 1.91. The zero-order valence-electron chi connectivity index (χ0n) is 11.2. The van der Waals surface area contributed by atoms with E-state index in [-0.39, 0.29) is 5.69 Å². The number of nitrogens with one attached hydrogen (secondary N) is 1. The summed E-state index contributed by atoms with van der Waals surface area (Å²) in [7, 11) is 0. The van der Waals surface area contributed by atoms with Gasteiger partial charge in [-0.15, -0.1) is 0 Å². The molecule has 0 atom stereocenters. The van der Waals surface area contributed by atoms with Crippen molar-refractivity contribution < 1.29 is 22.7 Å². The lowest BCUT2D eigenvalue weighted by Gasteiger charge is -2.13. The maximum atomic E-state index is 12.8. The van der Waals surface area contributed by atoms with Crippen LogP contribution in [0, 0.1) is 0 Å². The van der Waals surface area contributed by atoms with Crippen LogP contribution >= 0.6 is 11.6 Å². The van der Waals surface area contributed by atoms with Gasteiger partial charge in [0.2, 0.25) is 0 Å². The molecule has 0 fully saturated rings. The van der Waals surface area contributed by atoms with Crippen LogP contribution in [0.5, 0.6) is 5.75 Å². The van der Waals surface area contributed by atoms with Crippen LogP contribution in [-0.4, -0.2) is 12.5 Å². The number of hydrogen-bond donors (Lipinski definition) is 1. The Morgan fingerprint density at radius 3 is 2.55 bits per heavy atom. The summed E-state index contributed by atoms with van der Waals surface area (Å²) < 4.78 is 43.6. The van der Waals surface area contributed by atoms with Crippen LogP contribution < -0.4 is 10.1 Å². The van der Waals surface area contributed by atoms with Crippen LogP contribution in [0.25, 0.3) is 0 Å². The van der Waals surface area contributed by atoms with Crippen molar-refractivity contribution in [3.05, 3.63) is 59.1 Å². The monoisotopic (exact) mass is 329 g/mol. The van der Waals surface area contributed by atoms with Crippen LogP contribution in [-0.2, 0) is 11.0 Å². The second-order valence-corrected chi connectivity index (χ2v) is 4.77. The summed E-state index contributed by atoms with van der Waals surface area (Å²) in [5, 5.41) is 2.62. The van der Waals surface area contributed by atoms with Crippen LogP contribution in [0.3, 0.4) is 0 Å². The summed E-state index contributed by atoms with van der Waals surface area (Å²) in [6.45, 7) is -0.424. The Morgan fingerprint density at radius 2 is 1.86 bits per heavy atom. The number of halogens is 4. The van der Waals surface area contributed by atoms with Crippen LogP contribution in [0.15, 0.2) is 48.5 Å². The highest BCUT2D eigenvalue weighted by Gasteiger charge is 2.33. The number of carbonyl (C=O) groups excluding carboxylic acids is 1. The largest absolute Gasteiger partial charge is 0.484 e. The van der Waals surface area contributed by atoms with Crippen molar-refractivity contribution >= 4 is 23.2 Å². The molecule has 116 valence electrons. The van der Waals surface area contributed by atoms with Crippen molar-refractivity contribution in [2.24, 2.45) is 0 Å². The third-order valence-electron chi connectivity index (χ3n) is 2.67. The molecule has 2 aromatic rings. The Balaban J connectivity index is 2.01. The van der Waals surface area contributed by atoms with Crippen molar-refractivity contribution in [2.45, 2.75) is 6.18 Å². The van der Waals surface area contributed by atoms with Gasteiger partial charge in [0.05, 0.1) is 11.3 Å². The van der Waals surface area contributed by atoms with E-state index in [9.17, 15) is 18.0 Å². The molecule has 0 spiro atoms. The highest BCUT2D eigenvalue weighted by Crippen LogP contribution is 2.34. The molecule has 3 nitrogen and oxygen atoms in total. The predicted octanol–water partition coefficient (Wildman–Crippen LogP) is 4.38. The number of rotatable bonds is 4. The van der Waals surface area contributed by atoms with E-state index in [4.69, 9.17) is 16.3 Å². The van der Waals surface area contributed by atoms with Crippen molar-refractivity contribution in [1.29, 1.82) is 0 Å². The summed E-state index contributed by atoms with van der Waals surface area (Å²) >= 11 is 5.76. The summed E-state index contributed by atoms with van der Waals surface area (Å²) in [5.41, 5.74) is -1.22. The van der Waals surface area contributed by atoms with Gasteiger partial charge < -0.3 is 10.1 Å². The third-order valence-corrected chi connectivity index (χ3v) is 2.91. The molecule has 0 aliphatic carbocycles. The minimum atomic E-state index is -4.54. The first-order chi connectivity index (χ1) is 10.4. The Bertz CT molecular complexity index is 674. The van der Waals surface area contributed by atoms with Gasteiger partial charge >= 0.3 is 6.18 Å². The molecule has 0 aliphatic rings. The molecule has 0 radical (unpaired) electrons. The van der Waals surface area contributed by atoms with Gasteiger partial charge in [-0.1, -0.05) is 29.8 Å². The fourth-order valence-electron chi connectivity index (χ4n) is 1.73. The molecule has 7 heteroatoms. The first-order valence-corrected chi connectivity index (χ1v) is 6.58. The third kappa shape index (κ3) is 4.39. The number of ether oxygens (including phenoxy) is 1. The molecule has 0 unspecified atom stereocenters. The SMILES string of the molecule is O=C(COc1cccc(Cl)c1)Nc1ccccc1C(F)(F)F. The molecule has 0 saturated carbocycles. The summed E-state index contributed by atoms with van der Waals surface area (Å²) in [6.07, 6.45) is -4.54. The molecule has 0 aromatic heterocycles. The number of anilines is 1. The van der Waals surface area contributed by atoms with Gasteiger partial charge in [0, 0.05) is 5.02 Å². The molecule has 22 heavy (non-hydrogen) atoms. The lowest BCUT2D eigenvalue weighted by molar-refractivity contribution is -0.137. The van der Waals surface area contributed by atoms with Crippen molar-refractivity contribution in [1.82, 2.24) is 0 Å². The highest BCUT2D eigenvalue weighted by atomic mass is 35.5.